The Morgan fingerprint density at radius 3 is 2.88 bits per heavy atom. The Morgan fingerprint density at radius 1 is 1.31 bits per heavy atom. The van der Waals surface area contributed by atoms with Gasteiger partial charge in [0.2, 0.25) is 5.88 Å². The van der Waals surface area contributed by atoms with Crippen molar-refractivity contribution in [2.75, 3.05) is 5.73 Å². The van der Waals surface area contributed by atoms with Crippen LogP contribution in [0.5, 0.6) is 11.6 Å². The summed E-state index contributed by atoms with van der Waals surface area (Å²) < 4.78 is 5.49. The number of pyridine rings is 2. The number of nitrogens with two attached hydrogens (primary N) is 1. The van der Waals surface area contributed by atoms with Crippen molar-refractivity contribution < 1.29 is 4.74 Å². The summed E-state index contributed by atoms with van der Waals surface area (Å²) in [6.07, 6.45) is 3.08. The SMILES string of the molecule is Cc1ccc(N)c(Oc2cncc(Cl)c2)n1. The van der Waals surface area contributed by atoms with Gasteiger partial charge in [-0.25, -0.2) is 4.98 Å². The maximum Gasteiger partial charge on any atom is 0.242 e. The number of hydrogen-bond donors (Lipinski definition) is 1. The predicted octanol–water partition coefficient (Wildman–Crippen LogP) is 2.81. The summed E-state index contributed by atoms with van der Waals surface area (Å²) >= 11 is 5.79. The zero-order chi connectivity index (χ0) is 11.5. The van der Waals surface area contributed by atoms with Crippen LogP contribution in [0, 0.1) is 6.92 Å². The lowest BCUT2D eigenvalue weighted by atomic mass is 10.3. The van der Waals surface area contributed by atoms with Gasteiger partial charge in [0.1, 0.15) is 5.75 Å². The molecule has 0 aromatic carbocycles. The van der Waals surface area contributed by atoms with E-state index < -0.39 is 0 Å². The van der Waals surface area contributed by atoms with Crippen LogP contribution in [0.15, 0.2) is 30.6 Å². The van der Waals surface area contributed by atoms with E-state index >= 15 is 0 Å². The molecule has 0 unspecified atom stereocenters. The summed E-state index contributed by atoms with van der Waals surface area (Å²) in [6.45, 7) is 1.86. The number of nitrogen functional groups attached to an aromatic ring is 1. The molecule has 0 bridgehead atoms. The van der Waals surface area contributed by atoms with Crippen molar-refractivity contribution in [2.24, 2.45) is 0 Å². The number of aryl methyl sites for hydroxylation is 1. The second-order valence-electron chi connectivity index (χ2n) is 3.29. The number of rotatable bonds is 2. The van der Waals surface area contributed by atoms with E-state index in [1.165, 1.54) is 6.20 Å². The van der Waals surface area contributed by atoms with Crippen LogP contribution >= 0.6 is 11.6 Å². The van der Waals surface area contributed by atoms with Gasteiger partial charge in [-0.15, -0.1) is 0 Å². The Labute approximate surface area is 98.0 Å². The molecule has 2 aromatic heterocycles. The summed E-state index contributed by atoms with van der Waals surface area (Å²) in [6, 6.07) is 5.21. The molecule has 0 saturated carbocycles. The largest absolute Gasteiger partial charge is 0.435 e. The highest BCUT2D eigenvalue weighted by atomic mass is 35.5. The predicted molar refractivity (Wildman–Crippen MR) is 62.7 cm³/mol. The topological polar surface area (TPSA) is 61.0 Å². The summed E-state index contributed by atoms with van der Waals surface area (Å²) in [5.74, 6) is 0.876. The van der Waals surface area contributed by atoms with Crippen molar-refractivity contribution in [2.45, 2.75) is 6.92 Å². The molecule has 0 radical (unpaired) electrons. The fraction of sp³-hybridized carbons (Fsp3) is 0.0909. The smallest absolute Gasteiger partial charge is 0.242 e. The highest BCUT2D eigenvalue weighted by molar-refractivity contribution is 6.30. The van der Waals surface area contributed by atoms with Crippen LogP contribution in [-0.2, 0) is 0 Å². The second-order valence-corrected chi connectivity index (χ2v) is 3.72. The maximum atomic E-state index is 5.79. The van der Waals surface area contributed by atoms with E-state index in [2.05, 4.69) is 9.97 Å². The molecule has 0 aliphatic heterocycles. The molecule has 82 valence electrons. The first-order chi connectivity index (χ1) is 7.65. The van der Waals surface area contributed by atoms with Gasteiger partial charge in [0, 0.05) is 18.0 Å². The molecule has 0 saturated heterocycles. The first-order valence-electron chi connectivity index (χ1n) is 4.66. The molecular weight excluding hydrogens is 226 g/mol. The number of anilines is 1. The lowest BCUT2D eigenvalue weighted by molar-refractivity contribution is 0.462. The van der Waals surface area contributed by atoms with Crippen molar-refractivity contribution in [3.05, 3.63) is 41.3 Å². The van der Waals surface area contributed by atoms with E-state index in [1.807, 2.05) is 13.0 Å². The number of halogens is 1. The van der Waals surface area contributed by atoms with Crippen molar-refractivity contribution in [3.63, 3.8) is 0 Å². The number of nitrogens with zero attached hydrogens (tertiary/aromatic N) is 2. The van der Waals surface area contributed by atoms with E-state index in [0.717, 1.165) is 5.69 Å². The van der Waals surface area contributed by atoms with Gasteiger partial charge in [-0.2, -0.15) is 0 Å². The lowest BCUT2D eigenvalue weighted by Crippen LogP contribution is -1.96. The Balaban J connectivity index is 2.30. The third-order valence-corrected chi connectivity index (χ3v) is 2.13. The third-order valence-electron chi connectivity index (χ3n) is 1.92. The van der Waals surface area contributed by atoms with Gasteiger partial charge in [0.25, 0.3) is 0 Å². The molecular formula is C11H10ClN3O. The minimum Gasteiger partial charge on any atom is -0.435 e. The normalized spacial score (nSPS) is 10.1. The standard InChI is InChI=1S/C11H10ClN3O/c1-7-2-3-10(13)11(15-7)16-9-4-8(12)5-14-6-9/h2-6H,13H2,1H3. The van der Waals surface area contributed by atoms with Crippen LogP contribution in [-0.4, -0.2) is 9.97 Å². The van der Waals surface area contributed by atoms with E-state index in [4.69, 9.17) is 22.1 Å². The van der Waals surface area contributed by atoms with Gasteiger partial charge in [-0.3, -0.25) is 4.98 Å². The van der Waals surface area contributed by atoms with Gasteiger partial charge in [-0.1, -0.05) is 11.6 Å². The summed E-state index contributed by atoms with van der Waals surface area (Å²) in [7, 11) is 0. The van der Waals surface area contributed by atoms with Crippen molar-refractivity contribution in [1.82, 2.24) is 9.97 Å². The van der Waals surface area contributed by atoms with Crippen molar-refractivity contribution in [3.8, 4) is 11.6 Å². The van der Waals surface area contributed by atoms with E-state index in [1.54, 1.807) is 18.3 Å². The van der Waals surface area contributed by atoms with Crippen LogP contribution in [0.2, 0.25) is 5.02 Å². The maximum absolute atomic E-state index is 5.79. The Hall–Kier alpha value is -1.81. The summed E-state index contributed by atoms with van der Waals surface area (Å²) in [4.78, 5) is 8.09. The second kappa shape index (κ2) is 4.37. The Kier molecular flexibility index (Phi) is 2.92. The Bertz CT molecular complexity index is 516. The van der Waals surface area contributed by atoms with E-state index in [0.29, 0.717) is 22.3 Å². The third kappa shape index (κ3) is 2.41. The number of hydrogen-bond acceptors (Lipinski definition) is 4. The summed E-state index contributed by atoms with van der Waals surface area (Å²) in [5.41, 5.74) is 7.04. The minimum atomic E-state index is 0.365. The molecule has 0 spiro atoms. The van der Waals surface area contributed by atoms with Crippen LogP contribution < -0.4 is 10.5 Å². The molecule has 0 aliphatic carbocycles. The zero-order valence-electron chi connectivity index (χ0n) is 8.64. The lowest BCUT2D eigenvalue weighted by Gasteiger charge is -2.07. The first kappa shape index (κ1) is 10.7. The zero-order valence-corrected chi connectivity index (χ0v) is 9.40. The van der Waals surface area contributed by atoms with Crippen LogP contribution in [0.4, 0.5) is 5.69 Å². The van der Waals surface area contributed by atoms with E-state index in [-0.39, 0.29) is 0 Å². The average molecular weight is 236 g/mol. The average Bonchev–Trinajstić information content (AvgIpc) is 2.24. The number of ether oxygens (including phenoxy) is 1. The fourth-order valence-corrected chi connectivity index (χ4v) is 1.35. The quantitative estimate of drug-likeness (QED) is 0.870. The van der Waals surface area contributed by atoms with Gasteiger partial charge in [0.05, 0.1) is 16.9 Å². The summed E-state index contributed by atoms with van der Waals surface area (Å²) in [5, 5.41) is 0.503. The molecule has 2 aromatic rings. The molecule has 0 aliphatic rings. The molecule has 2 rings (SSSR count). The molecule has 4 nitrogen and oxygen atoms in total. The molecule has 0 amide bonds. The highest BCUT2D eigenvalue weighted by Crippen LogP contribution is 2.26. The van der Waals surface area contributed by atoms with Gasteiger partial charge in [0.15, 0.2) is 0 Å². The van der Waals surface area contributed by atoms with Gasteiger partial charge < -0.3 is 10.5 Å². The molecule has 2 N–H and O–H groups in total. The van der Waals surface area contributed by atoms with Crippen molar-refractivity contribution in [1.29, 1.82) is 0 Å². The molecule has 0 fully saturated rings. The van der Waals surface area contributed by atoms with Crippen molar-refractivity contribution >= 4 is 17.3 Å². The minimum absolute atomic E-state index is 0.365. The molecule has 2 heterocycles. The highest BCUT2D eigenvalue weighted by Gasteiger charge is 2.04. The molecule has 5 heteroatoms. The molecule has 0 atom stereocenters. The Morgan fingerprint density at radius 2 is 2.12 bits per heavy atom. The van der Waals surface area contributed by atoms with Crippen LogP contribution in [0.25, 0.3) is 0 Å². The fourth-order valence-electron chi connectivity index (χ4n) is 1.19. The van der Waals surface area contributed by atoms with Crippen LogP contribution in [0.3, 0.4) is 0 Å². The molecule has 16 heavy (non-hydrogen) atoms. The van der Waals surface area contributed by atoms with Gasteiger partial charge in [-0.05, 0) is 19.1 Å². The van der Waals surface area contributed by atoms with Gasteiger partial charge >= 0.3 is 0 Å². The first-order valence-corrected chi connectivity index (χ1v) is 5.04. The monoisotopic (exact) mass is 235 g/mol. The van der Waals surface area contributed by atoms with E-state index in [9.17, 15) is 0 Å². The van der Waals surface area contributed by atoms with Crippen LogP contribution in [0.1, 0.15) is 5.69 Å². The number of aromatic nitrogens is 2.